The number of amides is 1. The summed E-state index contributed by atoms with van der Waals surface area (Å²) in [6.07, 6.45) is 2.70. The number of carbonyl (C=O) groups excluding carboxylic acids is 1. The standard InChI is InChI=1S/C15H23ClN6O.HI/c1-17-15(19-9-13(23)21(2)3)20-11-6-8-22(10-11)14-12(16)5-4-7-18-14;/h4-5,7,11H,6,8-10H2,1-3H3,(H2,17,19,20);1H. The van der Waals surface area contributed by atoms with Gasteiger partial charge in [-0.25, -0.2) is 4.98 Å². The van der Waals surface area contributed by atoms with Crippen LogP contribution in [-0.2, 0) is 4.79 Å². The van der Waals surface area contributed by atoms with Crippen molar-refractivity contribution in [1.82, 2.24) is 20.5 Å². The Labute approximate surface area is 164 Å². The van der Waals surface area contributed by atoms with E-state index in [1.165, 1.54) is 0 Å². The molecule has 7 nitrogen and oxygen atoms in total. The normalized spacial score (nSPS) is 17.2. The number of carbonyl (C=O) groups is 1. The zero-order valence-electron chi connectivity index (χ0n) is 14.1. The number of hydrogen-bond donors (Lipinski definition) is 2. The van der Waals surface area contributed by atoms with Gasteiger partial charge in [-0.2, -0.15) is 0 Å². The van der Waals surface area contributed by atoms with Crippen molar-refractivity contribution in [1.29, 1.82) is 0 Å². The second kappa shape index (κ2) is 9.87. The van der Waals surface area contributed by atoms with E-state index in [1.807, 2.05) is 12.1 Å². The van der Waals surface area contributed by atoms with Crippen molar-refractivity contribution < 1.29 is 4.79 Å². The lowest BCUT2D eigenvalue weighted by Gasteiger charge is -2.20. The van der Waals surface area contributed by atoms with Gasteiger partial charge in [-0.05, 0) is 18.6 Å². The number of hydrogen-bond acceptors (Lipinski definition) is 4. The fourth-order valence-electron chi connectivity index (χ4n) is 2.39. The molecule has 1 aromatic heterocycles. The Balaban J connectivity index is 0.00000288. The largest absolute Gasteiger partial charge is 0.353 e. The molecule has 0 radical (unpaired) electrons. The van der Waals surface area contributed by atoms with Crippen LogP contribution in [0.4, 0.5) is 5.82 Å². The topological polar surface area (TPSA) is 72.9 Å². The Bertz CT molecular complexity index is 583. The molecule has 2 rings (SSSR count). The Morgan fingerprint density at radius 3 is 2.92 bits per heavy atom. The number of aromatic nitrogens is 1. The molecular formula is C15H24ClIN6O. The molecule has 1 unspecified atom stereocenters. The summed E-state index contributed by atoms with van der Waals surface area (Å²) >= 11 is 6.20. The van der Waals surface area contributed by atoms with E-state index in [1.54, 1.807) is 32.2 Å². The van der Waals surface area contributed by atoms with Crippen molar-refractivity contribution in [2.75, 3.05) is 45.7 Å². The lowest BCUT2D eigenvalue weighted by molar-refractivity contribution is -0.127. The van der Waals surface area contributed by atoms with Gasteiger partial charge in [0.05, 0.1) is 11.6 Å². The first-order valence-corrected chi connectivity index (χ1v) is 7.92. The van der Waals surface area contributed by atoms with Crippen LogP contribution in [-0.4, -0.2) is 68.6 Å². The van der Waals surface area contributed by atoms with Crippen LogP contribution in [0.5, 0.6) is 0 Å². The van der Waals surface area contributed by atoms with Crippen LogP contribution in [0.15, 0.2) is 23.3 Å². The molecule has 0 aliphatic carbocycles. The van der Waals surface area contributed by atoms with Gasteiger partial charge in [-0.3, -0.25) is 9.79 Å². The Kier molecular flexibility index (Phi) is 8.54. The van der Waals surface area contributed by atoms with Crippen molar-refractivity contribution in [2.45, 2.75) is 12.5 Å². The number of anilines is 1. The van der Waals surface area contributed by atoms with Gasteiger partial charge in [0.15, 0.2) is 5.96 Å². The van der Waals surface area contributed by atoms with E-state index in [0.717, 1.165) is 25.3 Å². The number of aliphatic imine (C=N–C) groups is 1. The minimum Gasteiger partial charge on any atom is -0.353 e. The second-order valence-corrected chi connectivity index (χ2v) is 6.01. The number of guanidine groups is 1. The van der Waals surface area contributed by atoms with E-state index in [4.69, 9.17) is 11.6 Å². The first kappa shape index (κ1) is 20.8. The fourth-order valence-corrected chi connectivity index (χ4v) is 2.63. The predicted octanol–water partition coefficient (Wildman–Crippen LogP) is 1.18. The zero-order chi connectivity index (χ0) is 16.8. The quantitative estimate of drug-likeness (QED) is 0.396. The van der Waals surface area contributed by atoms with Gasteiger partial charge in [0.1, 0.15) is 5.82 Å². The molecule has 0 bridgehead atoms. The smallest absolute Gasteiger partial charge is 0.241 e. The highest BCUT2D eigenvalue weighted by Gasteiger charge is 2.25. The van der Waals surface area contributed by atoms with Gasteiger partial charge in [0.2, 0.25) is 5.91 Å². The first-order valence-electron chi connectivity index (χ1n) is 7.54. The molecule has 1 fully saturated rings. The lowest BCUT2D eigenvalue weighted by Crippen LogP contribution is -2.47. The molecule has 0 spiro atoms. The Hall–Kier alpha value is -1.29. The van der Waals surface area contributed by atoms with Gasteiger partial charge < -0.3 is 20.4 Å². The highest BCUT2D eigenvalue weighted by Crippen LogP contribution is 2.25. The monoisotopic (exact) mass is 466 g/mol. The molecule has 1 aliphatic heterocycles. The molecule has 1 amide bonds. The number of pyridine rings is 1. The van der Waals surface area contributed by atoms with E-state index in [0.29, 0.717) is 11.0 Å². The van der Waals surface area contributed by atoms with Gasteiger partial charge in [0, 0.05) is 46.5 Å². The maximum Gasteiger partial charge on any atom is 0.241 e. The van der Waals surface area contributed by atoms with Crippen molar-refractivity contribution in [2.24, 2.45) is 4.99 Å². The van der Waals surface area contributed by atoms with Crippen LogP contribution in [0.2, 0.25) is 5.02 Å². The molecule has 0 aromatic carbocycles. The van der Waals surface area contributed by atoms with Crippen LogP contribution in [0.25, 0.3) is 0 Å². The molecule has 134 valence electrons. The molecule has 2 heterocycles. The van der Waals surface area contributed by atoms with Gasteiger partial charge >= 0.3 is 0 Å². The number of nitrogens with one attached hydrogen (secondary N) is 2. The SMILES string of the molecule is CN=C(NCC(=O)N(C)C)NC1CCN(c2ncccc2Cl)C1.I. The number of nitrogens with zero attached hydrogens (tertiary/aromatic N) is 4. The lowest BCUT2D eigenvalue weighted by atomic mass is 10.3. The van der Waals surface area contributed by atoms with Crippen LogP contribution >= 0.6 is 35.6 Å². The molecule has 1 aliphatic rings. The third-order valence-corrected chi connectivity index (χ3v) is 3.99. The van der Waals surface area contributed by atoms with E-state index in [9.17, 15) is 4.79 Å². The van der Waals surface area contributed by atoms with Crippen molar-refractivity contribution >= 4 is 53.3 Å². The van der Waals surface area contributed by atoms with Crippen LogP contribution in [0.1, 0.15) is 6.42 Å². The van der Waals surface area contributed by atoms with Crippen LogP contribution in [0, 0.1) is 0 Å². The molecule has 2 N–H and O–H groups in total. The maximum atomic E-state index is 11.6. The Morgan fingerprint density at radius 2 is 2.29 bits per heavy atom. The molecule has 1 saturated heterocycles. The molecule has 1 atom stereocenters. The fraction of sp³-hybridized carbons (Fsp3) is 0.533. The van der Waals surface area contributed by atoms with Crippen LogP contribution < -0.4 is 15.5 Å². The van der Waals surface area contributed by atoms with Crippen molar-refractivity contribution in [3.63, 3.8) is 0 Å². The van der Waals surface area contributed by atoms with Crippen molar-refractivity contribution in [3.05, 3.63) is 23.4 Å². The average Bonchev–Trinajstić information content (AvgIpc) is 2.99. The van der Waals surface area contributed by atoms with Crippen molar-refractivity contribution in [3.8, 4) is 0 Å². The summed E-state index contributed by atoms with van der Waals surface area (Å²) in [5.41, 5.74) is 0. The summed E-state index contributed by atoms with van der Waals surface area (Å²) in [5.74, 6) is 1.43. The summed E-state index contributed by atoms with van der Waals surface area (Å²) in [4.78, 5) is 23.8. The average molecular weight is 467 g/mol. The minimum atomic E-state index is 0. The second-order valence-electron chi connectivity index (χ2n) is 5.60. The summed E-state index contributed by atoms with van der Waals surface area (Å²) in [6.45, 7) is 1.89. The van der Waals surface area contributed by atoms with E-state index >= 15 is 0 Å². The third-order valence-electron chi connectivity index (χ3n) is 3.70. The number of halogens is 2. The predicted molar refractivity (Wildman–Crippen MR) is 108 cm³/mol. The highest BCUT2D eigenvalue weighted by atomic mass is 127. The summed E-state index contributed by atoms with van der Waals surface area (Å²) in [6, 6.07) is 3.90. The Morgan fingerprint density at radius 1 is 1.54 bits per heavy atom. The summed E-state index contributed by atoms with van der Waals surface area (Å²) in [5, 5.41) is 7.03. The molecule has 0 saturated carbocycles. The first-order chi connectivity index (χ1) is 11.0. The molecule has 24 heavy (non-hydrogen) atoms. The van der Waals surface area contributed by atoms with E-state index in [-0.39, 0.29) is 42.5 Å². The maximum absolute atomic E-state index is 11.6. The minimum absolute atomic E-state index is 0. The van der Waals surface area contributed by atoms with E-state index in [2.05, 4.69) is 25.5 Å². The molecular weight excluding hydrogens is 443 g/mol. The van der Waals surface area contributed by atoms with Gasteiger partial charge in [-0.15, -0.1) is 24.0 Å². The zero-order valence-corrected chi connectivity index (χ0v) is 17.2. The van der Waals surface area contributed by atoms with Gasteiger partial charge in [-0.1, -0.05) is 11.6 Å². The summed E-state index contributed by atoms with van der Waals surface area (Å²) < 4.78 is 0. The van der Waals surface area contributed by atoms with Gasteiger partial charge in [0.25, 0.3) is 0 Å². The molecule has 9 heteroatoms. The van der Waals surface area contributed by atoms with E-state index < -0.39 is 0 Å². The van der Waals surface area contributed by atoms with Crippen LogP contribution in [0.3, 0.4) is 0 Å². The number of likely N-dealkylation sites (N-methyl/N-ethyl adjacent to an activating group) is 1. The number of rotatable bonds is 4. The third kappa shape index (κ3) is 5.66. The summed E-state index contributed by atoms with van der Waals surface area (Å²) in [7, 11) is 5.15. The highest BCUT2D eigenvalue weighted by molar-refractivity contribution is 14.0. The molecule has 1 aromatic rings.